The molecule has 2 N–H and O–H groups in total. The number of carbonyl (C=O) groups is 2. The van der Waals surface area contributed by atoms with E-state index in [0.717, 1.165) is 25.8 Å². The van der Waals surface area contributed by atoms with E-state index in [2.05, 4.69) is 0 Å². The summed E-state index contributed by atoms with van der Waals surface area (Å²) in [5.41, 5.74) is 5.02. The lowest BCUT2D eigenvalue weighted by atomic mass is 10.2. The van der Waals surface area contributed by atoms with E-state index in [1.54, 1.807) is 4.90 Å². The molecule has 1 aliphatic rings. The van der Waals surface area contributed by atoms with E-state index < -0.39 is 0 Å². The SMILES string of the molecule is NC(=O)CCN1CCCCCC1=O. The van der Waals surface area contributed by atoms with E-state index in [0.29, 0.717) is 13.0 Å². The van der Waals surface area contributed by atoms with Crippen molar-refractivity contribution in [1.29, 1.82) is 0 Å². The van der Waals surface area contributed by atoms with Gasteiger partial charge in [0.05, 0.1) is 0 Å². The first-order valence-corrected chi connectivity index (χ1v) is 4.76. The monoisotopic (exact) mass is 184 g/mol. The third-order valence-corrected chi connectivity index (χ3v) is 2.30. The van der Waals surface area contributed by atoms with Crippen molar-refractivity contribution in [3.8, 4) is 0 Å². The second-order valence-electron chi connectivity index (χ2n) is 3.41. The number of nitrogens with zero attached hydrogens (tertiary/aromatic N) is 1. The summed E-state index contributed by atoms with van der Waals surface area (Å²) in [5.74, 6) is -0.171. The fourth-order valence-electron chi connectivity index (χ4n) is 1.52. The minimum atomic E-state index is -0.336. The van der Waals surface area contributed by atoms with Gasteiger partial charge < -0.3 is 10.6 Å². The van der Waals surface area contributed by atoms with Gasteiger partial charge in [-0.05, 0) is 12.8 Å². The first kappa shape index (κ1) is 10.0. The van der Waals surface area contributed by atoms with Crippen LogP contribution in [0.1, 0.15) is 32.1 Å². The highest BCUT2D eigenvalue weighted by Crippen LogP contribution is 2.10. The number of hydrogen-bond donors (Lipinski definition) is 1. The molecule has 1 fully saturated rings. The van der Waals surface area contributed by atoms with E-state index in [4.69, 9.17) is 5.73 Å². The first-order valence-electron chi connectivity index (χ1n) is 4.76. The highest BCUT2D eigenvalue weighted by atomic mass is 16.2. The molecule has 1 saturated heterocycles. The van der Waals surface area contributed by atoms with Gasteiger partial charge in [0.2, 0.25) is 11.8 Å². The van der Waals surface area contributed by atoms with Gasteiger partial charge in [-0.2, -0.15) is 0 Å². The fourth-order valence-corrected chi connectivity index (χ4v) is 1.52. The zero-order valence-electron chi connectivity index (χ0n) is 7.79. The Hall–Kier alpha value is -1.06. The normalized spacial score (nSPS) is 18.5. The summed E-state index contributed by atoms with van der Waals surface area (Å²) in [6.45, 7) is 1.28. The summed E-state index contributed by atoms with van der Waals surface area (Å²) in [4.78, 5) is 23.7. The van der Waals surface area contributed by atoms with Crippen molar-refractivity contribution in [3.63, 3.8) is 0 Å². The molecule has 13 heavy (non-hydrogen) atoms. The van der Waals surface area contributed by atoms with Crippen LogP contribution in [0.5, 0.6) is 0 Å². The van der Waals surface area contributed by atoms with Crippen molar-refractivity contribution < 1.29 is 9.59 Å². The topological polar surface area (TPSA) is 63.4 Å². The van der Waals surface area contributed by atoms with Crippen molar-refractivity contribution in [1.82, 2.24) is 4.90 Å². The van der Waals surface area contributed by atoms with Crippen molar-refractivity contribution in [2.75, 3.05) is 13.1 Å². The lowest BCUT2D eigenvalue weighted by Crippen LogP contribution is -2.33. The lowest BCUT2D eigenvalue weighted by molar-refractivity contribution is -0.131. The van der Waals surface area contributed by atoms with Gasteiger partial charge in [-0.3, -0.25) is 9.59 Å². The Bertz CT molecular complexity index is 204. The van der Waals surface area contributed by atoms with Gasteiger partial charge in [-0.15, -0.1) is 0 Å². The van der Waals surface area contributed by atoms with Gasteiger partial charge in [-0.1, -0.05) is 6.42 Å². The van der Waals surface area contributed by atoms with Crippen molar-refractivity contribution in [2.45, 2.75) is 32.1 Å². The number of amides is 2. The first-order chi connectivity index (χ1) is 6.20. The molecule has 4 nitrogen and oxygen atoms in total. The van der Waals surface area contributed by atoms with Crippen molar-refractivity contribution >= 4 is 11.8 Å². The van der Waals surface area contributed by atoms with Crippen molar-refractivity contribution in [2.24, 2.45) is 5.73 Å². The molecule has 74 valence electrons. The number of rotatable bonds is 3. The summed E-state index contributed by atoms with van der Waals surface area (Å²) in [7, 11) is 0. The quantitative estimate of drug-likeness (QED) is 0.684. The molecule has 0 aromatic heterocycles. The van der Waals surface area contributed by atoms with Crippen LogP contribution in [-0.2, 0) is 9.59 Å². The number of carbonyl (C=O) groups excluding carboxylic acids is 2. The molecule has 1 aliphatic heterocycles. The predicted octanol–water partition coefficient (Wildman–Crippen LogP) is 0.264. The largest absolute Gasteiger partial charge is 0.370 e. The Kier molecular flexibility index (Phi) is 3.73. The molecule has 0 aromatic rings. The van der Waals surface area contributed by atoms with Crippen LogP contribution in [0, 0.1) is 0 Å². The molecule has 0 radical (unpaired) electrons. The van der Waals surface area contributed by atoms with Crippen molar-refractivity contribution in [3.05, 3.63) is 0 Å². The van der Waals surface area contributed by atoms with Gasteiger partial charge in [0.25, 0.3) is 0 Å². The average molecular weight is 184 g/mol. The van der Waals surface area contributed by atoms with E-state index in [1.165, 1.54) is 0 Å². The minimum absolute atomic E-state index is 0.166. The molecule has 0 unspecified atom stereocenters. The van der Waals surface area contributed by atoms with Gasteiger partial charge >= 0.3 is 0 Å². The zero-order valence-corrected chi connectivity index (χ0v) is 7.79. The van der Waals surface area contributed by atoms with Crippen LogP contribution >= 0.6 is 0 Å². The highest BCUT2D eigenvalue weighted by molar-refractivity contribution is 5.78. The predicted molar refractivity (Wildman–Crippen MR) is 48.9 cm³/mol. The number of nitrogens with two attached hydrogens (primary N) is 1. The van der Waals surface area contributed by atoms with Crippen LogP contribution in [0.3, 0.4) is 0 Å². The molecule has 0 aromatic carbocycles. The third kappa shape index (κ3) is 3.44. The van der Waals surface area contributed by atoms with Crippen LogP contribution < -0.4 is 5.73 Å². The summed E-state index contributed by atoms with van der Waals surface area (Å²) >= 11 is 0. The van der Waals surface area contributed by atoms with Gasteiger partial charge in [-0.25, -0.2) is 0 Å². The van der Waals surface area contributed by atoms with Crippen LogP contribution in [0.15, 0.2) is 0 Å². The Morgan fingerprint density at radius 1 is 1.38 bits per heavy atom. The molecule has 0 bridgehead atoms. The van der Waals surface area contributed by atoms with Crippen LogP contribution in [-0.4, -0.2) is 29.8 Å². The van der Waals surface area contributed by atoms with E-state index >= 15 is 0 Å². The third-order valence-electron chi connectivity index (χ3n) is 2.30. The molecule has 2 amide bonds. The summed E-state index contributed by atoms with van der Waals surface area (Å²) in [5, 5.41) is 0. The van der Waals surface area contributed by atoms with E-state index in [9.17, 15) is 9.59 Å². The van der Waals surface area contributed by atoms with Crippen LogP contribution in [0.2, 0.25) is 0 Å². The van der Waals surface area contributed by atoms with E-state index in [-0.39, 0.29) is 18.2 Å². The number of hydrogen-bond acceptors (Lipinski definition) is 2. The molecule has 0 spiro atoms. The second-order valence-corrected chi connectivity index (χ2v) is 3.41. The standard InChI is InChI=1S/C9H16N2O2/c10-8(12)5-7-11-6-3-1-2-4-9(11)13/h1-7H2,(H2,10,12). The Morgan fingerprint density at radius 2 is 2.15 bits per heavy atom. The maximum absolute atomic E-state index is 11.4. The minimum Gasteiger partial charge on any atom is -0.370 e. The lowest BCUT2D eigenvalue weighted by Gasteiger charge is -2.19. The molecule has 0 aliphatic carbocycles. The maximum Gasteiger partial charge on any atom is 0.222 e. The number of likely N-dealkylation sites (tertiary alicyclic amines) is 1. The molecule has 0 saturated carbocycles. The summed E-state index contributed by atoms with van der Waals surface area (Å²) in [6.07, 6.45) is 4.04. The van der Waals surface area contributed by atoms with Crippen LogP contribution in [0.25, 0.3) is 0 Å². The Labute approximate surface area is 78.1 Å². The summed E-state index contributed by atoms with van der Waals surface area (Å²) in [6, 6.07) is 0. The van der Waals surface area contributed by atoms with Gasteiger partial charge in [0.1, 0.15) is 0 Å². The smallest absolute Gasteiger partial charge is 0.222 e. The number of primary amides is 1. The second kappa shape index (κ2) is 4.84. The molecular formula is C9H16N2O2. The fraction of sp³-hybridized carbons (Fsp3) is 0.778. The molecule has 4 heteroatoms. The maximum atomic E-state index is 11.4. The van der Waals surface area contributed by atoms with Crippen LogP contribution in [0.4, 0.5) is 0 Å². The molecule has 1 heterocycles. The Balaban J connectivity index is 2.36. The van der Waals surface area contributed by atoms with Gasteiger partial charge in [0.15, 0.2) is 0 Å². The van der Waals surface area contributed by atoms with E-state index in [1.807, 2.05) is 0 Å². The molecular weight excluding hydrogens is 168 g/mol. The molecule has 1 rings (SSSR count). The Morgan fingerprint density at radius 3 is 2.85 bits per heavy atom. The highest BCUT2D eigenvalue weighted by Gasteiger charge is 2.16. The van der Waals surface area contributed by atoms with Gasteiger partial charge in [0, 0.05) is 25.9 Å². The molecule has 0 atom stereocenters. The summed E-state index contributed by atoms with van der Waals surface area (Å²) < 4.78 is 0. The average Bonchev–Trinajstić information content (AvgIpc) is 2.27. The zero-order chi connectivity index (χ0) is 9.68.